The number of rotatable bonds is 0. The van der Waals surface area contributed by atoms with E-state index in [1.54, 1.807) is 22.7 Å². The van der Waals surface area contributed by atoms with Gasteiger partial charge in [0, 0.05) is 0 Å². The van der Waals surface area contributed by atoms with E-state index in [2.05, 4.69) is 0 Å². The lowest BCUT2D eigenvalue weighted by Gasteiger charge is -2.13. The normalized spacial score (nSPS) is 15.6. The minimum Gasteiger partial charge on any atom is -0.485 e. The van der Waals surface area contributed by atoms with Crippen molar-refractivity contribution in [2.45, 2.75) is 0 Å². The first-order valence-corrected chi connectivity index (χ1v) is 7.35. The van der Waals surface area contributed by atoms with Gasteiger partial charge in [-0.1, -0.05) is 0 Å². The van der Waals surface area contributed by atoms with E-state index in [1.807, 2.05) is 22.9 Å². The second-order valence-corrected chi connectivity index (χ2v) is 5.30. The van der Waals surface area contributed by atoms with Crippen molar-refractivity contribution in [1.29, 1.82) is 0 Å². The van der Waals surface area contributed by atoms with Crippen LogP contribution in [0.5, 0.6) is 21.6 Å². The molecule has 0 atom stereocenters. The summed E-state index contributed by atoms with van der Waals surface area (Å²) in [5.41, 5.74) is 0. The van der Waals surface area contributed by atoms with Crippen LogP contribution in [-0.2, 0) is 0 Å². The maximum atomic E-state index is 5.26. The van der Waals surface area contributed by atoms with E-state index in [1.165, 1.54) is 0 Å². The number of hydrogen-bond donors (Lipinski definition) is 0. The molecule has 4 nitrogen and oxygen atoms in total. The zero-order chi connectivity index (χ0) is 12.2. The molecule has 18 heavy (non-hydrogen) atoms. The quantitative estimate of drug-likeness (QED) is 0.745. The highest BCUT2D eigenvalue weighted by Crippen LogP contribution is 2.35. The first kappa shape index (κ1) is 11.7. The molecule has 0 radical (unpaired) electrons. The van der Waals surface area contributed by atoms with Gasteiger partial charge >= 0.3 is 0 Å². The van der Waals surface area contributed by atoms with Crippen molar-refractivity contribution >= 4 is 22.7 Å². The molecule has 2 aliphatic rings. The zero-order valence-corrected chi connectivity index (χ0v) is 11.2. The molecule has 96 valence electrons. The van der Waals surface area contributed by atoms with Gasteiger partial charge < -0.3 is 18.9 Å². The molecule has 0 amide bonds. The predicted molar refractivity (Wildman–Crippen MR) is 70.6 cm³/mol. The van der Waals surface area contributed by atoms with E-state index in [0.29, 0.717) is 26.4 Å². The van der Waals surface area contributed by atoms with Crippen LogP contribution in [0.1, 0.15) is 0 Å². The number of thiophene rings is 2. The van der Waals surface area contributed by atoms with Gasteiger partial charge in [0.05, 0.1) is 0 Å². The summed E-state index contributed by atoms with van der Waals surface area (Å²) in [6.07, 6.45) is 0. The Balaban J connectivity index is 0.000000111. The Morgan fingerprint density at radius 2 is 1.11 bits per heavy atom. The van der Waals surface area contributed by atoms with Crippen molar-refractivity contribution in [2.75, 3.05) is 26.4 Å². The van der Waals surface area contributed by atoms with E-state index in [-0.39, 0.29) is 0 Å². The highest BCUT2D eigenvalue weighted by atomic mass is 32.1. The van der Waals surface area contributed by atoms with Gasteiger partial charge in [-0.2, -0.15) is 0 Å². The highest BCUT2D eigenvalue weighted by Gasteiger charge is 2.11. The molecule has 2 aromatic rings. The Morgan fingerprint density at radius 1 is 0.667 bits per heavy atom. The lowest BCUT2D eigenvalue weighted by molar-refractivity contribution is 0.178. The summed E-state index contributed by atoms with van der Waals surface area (Å²) in [5, 5.41) is 5.77. The minimum absolute atomic E-state index is 0.684. The van der Waals surface area contributed by atoms with E-state index < -0.39 is 0 Å². The molecule has 0 spiro atoms. The SMILES string of the molecule is c1cc2c(s1)OCCO2.c1cc2c(s1)OCCO2. The molecule has 0 saturated carbocycles. The second kappa shape index (κ2) is 5.49. The fraction of sp³-hybridized carbons (Fsp3) is 0.333. The first-order valence-electron chi connectivity index (χ1n) is 5.59. The Hall–Kier alpha value is -1.40. The molecule has 0 aliphatic carbocycles. The van der Waals surface area contributed by atoms with Crippen LogP contribution in [0.15, 0.2) is 22.9 Å². The molecule has 0 saturated heterocycles. The summed E-state index contributed by atoms with van der Waals surface area (Å²) in [5.74, 6) is 1.79. The summed E-state index contributed by atoms with van der Waals surface area (Å²) in [6, 6.07) is 3.86. The minimum atomic E-state index is 0.684. The highest BCUT2D eigenvalue weighted by molar-refractivity contribution is 7.12. The van der Waals surface area contributed by atoms with Gasteiger partial charge in [0.1, 0.15) is 26.4 Å². The van der Waals surface area contributed by atoms with Crippen molar-refractivity contribution < 1.29 is 18.9 Å². The second-order valence-electron chi connectivity index (χ2n) is 3.54. The van der Waals surface area contributed by atoms with Gasteiger partial charge in [-0.25, -0.2) is 0 Å². The molecule has 6 heteroatoms. The zero-order valence-electron chi connectivity index (χ0n) is 9.59. The molecular formula is C12H12O4S2. The summed E-state index contributed by atoms with van der Waals surface area (Å²) in [7, 11) is 0. The number of ether oxygens (including phenoxy) is 4. The molecule has 0 bridgehead atoms. The first-order chi connectivity index (χ1) is 8.93. The maximum absolute atomic E-state index is 5.26. The lowest BCUT2D eigenvalue weighted by Crippen LogP contribution is -2.13. The van der Waals surface area contributed by atoms with E-state index in [4.69, 9.17) is 18.9 Å². The van der Waals surface area contributed by atoms with Gasteiger partial charge in [0.2, 0.25) is 10.1 Å². The van der Waals surface area contributed by atoms with Crippen LogP contribution in [0.3, 0.4) is 0 Å². The molecule has 0 aromatic carbocycles. The molecule has 2 aliphatic heterocycles. The van der Waals surface area contributed by atoms with E-state index in [0.717, 1.165) is 21.6 Å². The monoisotopic (exact) mass is 284 g/mol. The fourth-order valence-corrected chi connectivity index (χ4v) is 2.98. The van der Waals surface area contributed by atoms with Crippen LogP contribution in [0.4, 0.5) is 0 Å². The van der Waals surface area contributed by atoms with Crippen LogP contribution in [0, 0.1) is 0 Å². The van der Waals surface area contributed by atoms with Crippen LogP contribution in [-0.4, -0.2) is 26.4 Å². The van der Waals surface area contributed by atoms with Crippen LogP contribution in [0.25, 0.3) is 0 Å². The third-order valence-corrected chi connectivity index (χ3v) is 3.95. The summed E-state index contributed by atoms with van der Waals surface area (Å²) in [4.78, 5) is 0. The molecular weight excluding hydrogens is 272 g/mol. The van der Waals surface area contributed by atoms with Gasteiger partial charge in [0.15, 0.2) is 11.5 Å². The van der Waals surface area contributed by atoms with E-state index >= 15 is 0 Å². The molecule has 4 heterocycles. The van der Waals surface area contributed by atoms with Crippen molar-refractivity contribution in [3.05, 3.63) is 22.9 Å². The Bertz CT molecular complexity index is 418. The van der Waals surface area contributed by atoms with Crippen molar-refractivity contribution in [2.24, 2.45) is 0 Å². The smallest absolute Gasteiger partial charge is 0.217 e. The molecule has 4 rings (SSSR count). The van der Waals surface area contributed by atoms with Crippen molar-refractivity contribution in [3.63, 3.8) is 0 Å². The molecule has 2 aromatic heterocycles. The van der Waals surface area contributed by atoms with Crippen molar-refractivity contribution in [3.8, 4) is 21.6 Å². The molecule has 0 N–H and O–H groups in total. The van der Waals surface area contributed by atoms with Gasteiger partial charge in [-0.15, -0.1) is 22.7 Å². The topological polar surface area (TPSA) is 36.9 Å². The van der Waals surface area contributed by atoms with Gasteiger partial charge in [-0.3, -0.25) is 0 Å². The summed E-state index contributed by atoms with van der Waals surface area (Å²) < 4.78 is 21.0. The Kier molecular flexibility index (Phi) is 3.56. The van der Waals surface area contributed by atoms with Crippen LogP contribution >= 0.6 is 22.7 Å². The maximum Gasteiger partial charge on any atom is 0.217 e. The van der Waals surface area contributed by atoms with Crippen molar-refractivity contribution in [1.82, 2.24) is 0 Å². The van der Waals surface area contributed by atoms with Gasteiger partial charge in [-0.05, 0) is 22.9 Å². The fourth-order valence-electron chi connectivity index (χ4n) is 1.56. The Labute approximate surface area is 113 Å². The molecule has 0 unspecified atom stereocenters. The van der Waals surface area contributed by atoms with Crippen LogP contribution < -0.4 is 18.9 Å². The number of fused-ring (bicyclic) bond motifs is 2. The summed E-state index contributed by atoms with van der Waals surface area (Å²) >= 11 is 3.16. The largest absolute Gasteiger partial charge is 0.485 e. The van der Waals surface area contributed by atoms with E-state index in [9.17, 15) is 0 Å². The number of hydrogen-bond acceptors (Lipinski definition) is 6. The lowest BCUT2D eigenvalue weighted by atomic mass is 10.5. The third-order valence-electron chi connectivity index (χ3n) is 2.34. The Morgan fingerprint density at radius 3 is 1.56 bits per heavy atom. The van der Waals surface area contributed by atoms with Gasteiger partial charge in [0.25, 0.3) is 0 Å². The molecule has 0 fully saturated rings. The predicted octanol–water partition coefficient (Wildman–Crippen LogP) is 3.04. The average molecular weight is 284 g/mol. The summed E-state index contributed by atoms with van der Waals surface area (Å²) in [6.45, 7) is 2.74. The standard InChI is InChI=1S/2C6H6O2S/c2*1-4-9-6-5(1)7-2-3-8-6/h2*1,4H,2-3H2. The van der Waals surface area contributed by atoms with Crippen LogP contribution in [0.2, 0.25) is 0 Å². The third kappa shape index (κ3) is 2.54. The average Bonchev–Trinajstić information content (AvgIpc) is 3.08.